The molecule has 26 heavy (non-hydrogen) atoms. The zero-order chi connectivity index (χ0) is 18.8. The summed E-state index contributed by atoms with van der Waals surface area (Å²) in [4.78, 5) is 26.5. The number of hydrogen-bond donors (Lipinski definition) is 1. The minimum absolute atomic E-state index is 0.141. The largest absolute Gasteiger partial charge is 0.459 e. The number of fused-ring (bicyclic) bond motifs is 1. The molecular formula is C18H22ClN3O3S. The van der Waals surface area contributed by atoms with Gasteiger partial charge in [0.05, 0.1) is 16.7 Å². The lowest BCUT2D eigenvalue weighted by molar-refractivity contribution is 0.0335. The van der Waals surface area contributed by atoms with E-state index in [1.54, 1.807) is 13.2 Å². The molecule has 0 radical (unpaired) electrons. The number of carbonyl (C=O) groups excluding carboxylic acids is 2. The van der Waals surface area contributed by atoms with E-state index in [1.807, 2.05) is 13.8 Å². The second-order valence-electron chi connectivity index (χ2n) is 6.49. The third kappa shape index (κ3) is 3.78. The SMILES string of the molecule is CCC(C)OC(=O)c1c(NC(=O)c2nn(C)cc2Cl)sc2c1CCCC2. The number of ether oxygens (including phenoxy) is 1. The predicted molar refractivity (Wildman–Crippen MR) is 102 cm³/mol. The van der Waals surface area contributed by atoms with Crippen molar-refractivity contribution >= 4 is 39.8 Å². The summed E-state index contributed by atoms with van der Waals surface area (Å²) in [5.74, 6) is -0.798. The zero-order valence-electron chi connectivity index (χ0n) is 15.1. The number of aryl methyl sites for hydroxylation is 2. The molecule has 2 heterocycles. The summed E-state index contributed by atoms with van der Waals surface area (Å²) < 4.78 is 7.02. The number of halogens is 1. The van der Waals surface area contributed by atoms with E-state index in [2.05, 4.69) is 10.4 Å². The number of nitrogens with one attached hydrogen (secondary N) is 1. The topological polar surface area (TPSA) is 73.2 Å². The van der Waals surface area contributed by atoms with E-state index >= 15 is 0 Å². The Bertz CT molecular complexity index is 843. The van der Waals surface area contributed by atoms with E-state index in [9.17, 15) is 9.59 Å². The molecule has 140 valence electrons. The van der Waals surface area contributed by atoms with Crippen molar-refractivity contribution in [3.8, 4) is 0 Å². The maximum absolute atomic E-state index is 12.7. The van der Waals surface area contributed by atoms with Gasteiger partial charge < -0.3 is 10.1 Å². The van der Waals surface area contributed by atoms with Gasteiger partial charge in [0.25, 0.3) is 5.91 Å². The molecule has 2 aromatic rings. The van der Waals surface area contributed by atoms with Crippen LogP contribution in [0.3, 0.4) is 0 Å². The highest BCUT2D eigenvalue weighted by Crippen LogP contribution is 2.39. The molecule has 1 aliphatic rings. The number of anilines is 1. The van der Waals surface area contributed by atoms with Gasteiger partial charge in [0.15, 0.2) is 5.69 Å². The van der Waals surface area contributed by atoms with Gasteiger partial charge in [0.2, 0.25) is 0 Å². The molecule has 0 saturated heterocycles. The van der Waals surface area contributed by atoms with Crippen LogP contribution < -0.4 is 5.32 Å². The van der Waals surface area contributed by atoms with Crippen LogP contribution in [0.25, 0.3) is 0 Å². The number of hydrogen-bond acceptors (Lipinski definition) is 5. The summed E-state index contributed by atoms with van der Waals surface area (Å²) in [6.45, 7) is 3.83. The van der Waals surface area contributed by atoms with Crippen LogP contribution in [0.15, 0.2) is 6.20 Å². The first-order valence-electron chi connectivity index (χ1n) is 8.76. The lowest BCUT2D eigenvalue weighted by atomic mass is 9.95. The Hall–Kier alpha value is -1.86. The summed E-state index contributed by atoms with van der Waals surface area (Å²) in [6.07, 6.45) is 6.01. The molecule has 0 fully saturated rings. The van der Waals surface area contributed by atoms with Crippen LogP contribution >= 0.6 is 22.9 Å². The molecule has 1 amide bonds. The Balaban J connectivity index is 1.93. The fourth-order valence-corrected chi connectivity index (χ4v) is 4.51. The highest BCUT2D eigenvalue weighted by atomic mass is 35.5. The fraction of sp³-hybridized carbons (Fsp3) is 0.500. The molecule has 3 rings (SSSR count). The van der Waals surface area contributed by atoms with Gasteiger partial charge in [-0.2, -0.15) is 5.10 Å². The summed E-state index contributed by atoms with van der Waals surface area (Å²) in [6, 6.07) is 0. The Morgan fingerprint density at radius 3 is 2.81 bits per heavy atom. The summed E-state index contributed by atoms with van der Waals surface area (Å²) in [5, 5.41) is 7.71. The molecule has 1 aliphatic carbocycles. The minimum Gasteiger partial charge on any atom is -0.459 e. The van der Waals surface area contributed by atoms with E-state index in [-0.39, 0.29) is 22.8 Å². The molecule has 8 heteroatoms. The maximum atomic E-state index is 12.7. The standard InChI is InChI=1S/C18H22ClN3O3S/c1-4-10(2)25-18(24)14-11-7-5-6-8-13(11)26-17(14)20-16(23)15-12(19)9-22(3)21-15/h9-10H,4-8H2,1-3H3,(H,20,23). The van der Waals surface area contributed by atoms with Gasteiger partial charge in [-0.15, -0.1) is 11.3 Å². The Morgan fingerprint density at radius 1 is 1.42 bits per heavy atom. The van der Waals surface area contributed by atoms with Crippen molar-refractivity contribution in [2.24, 2.45) is 7.05 Å². The van der Waals surface area contributed by atoms with Gasteiger partial charge in [0.1, 0.15) is 5.00 Å². The van der Waals surface area contributed by atoms with Gasteiger partial charge in [-0.1, -0.05) is 18.5 Å². The second-order valence-corrected chi connectivity index (χ2v) is 8.01. The number of aromatic nitrogens is 2. The Labute approximate surface area is 161 Å². The molecule has 0 saturated carbocycles. The second kappa shape index (κ2) is 7.80. The molecule has 0 aliphatic heterocycles. The Morgan fingerprint density at radius 2 is 2.15 bits per heavy atom. The van der Waals surface area contributed by atoms with Crippen molar-refractivity contribution < 1.29 is 14.3 Å². The van der Waals surface area contributed by atoms with Crippen LogP contribution in [0.4, 0.5) is 5.00 Å². The van der Waals surface area contributed by atoms with Gasteiger partial charge in [-0.3, -0.25) is 9.48 Å². The van der Waals surface area contributed by atoms with Crippen molar-refractivity contribution in [1.29, 1.82) is 0 Å². The average molecular weight is 396 g/mol. The molecule has 1 unspecified atom stereocenters. The third-order valence-electron chi connectivity index (χ3n) is 4.48. The average Bonchev–Trinajstić information content (AvgIpc) is 3.13. The first kappa shape index (κ1) is 18.9. The number of thiophene rings is 1. The Kier molecular flexibility index (Phi) is 5.67. The quantitative estimate of drug-likeness (QED) is 0.769. The van der Waals surface area contributed by atoms with E-state index in [0.29, 0.717) is 10.6 Å². The van der Waals surface area contributed by atoms with Crippen LogP contribution in [-0.2, 0) is 24.6 Å². The van der Waals surface area contributed by atoms with Gasteiger partial charge in [-0.25, -0.2) is 4.79 Å². The molecule has 0 bridgehead atoms. The predicted octanol–water partition coefficient (Wildman–Crippen LogP) is 4.22. The molecule has 1 atom stereocenters. The van der Waals surface area contributed by atoms with Gasteiger partial charge in [-0.05, 0) is 44.6 Å². The number of carbonyl (C=O) groups is 2. The third-order valence-corrected chi connectivity index (χ3v) is 5.97. The lowest BCUT2D eigenvalue weighted by Gasteiger charge is -2.15. The molecule has 0 aromatic carbocycles. The highest BCUT2D eigenvalue weighted by Gasteiger charge is 2.29. The number of rotatable bonds is 5. The van der Waals surface area contributed by atoms with E-state index in [1.165, 1.54) is 16.0 Å². The monoisotopic (exact) mass is 395 g/mol. The minimum atomic E-state index is -0.424. The van der Waals surface area contributed by atoms with Gasteiger partial charge in [0, 0.05) is 18.1 Å². The summed E-state index contributed by atoms with van der Waals surface area (Å²) in [5.41, 5.74) is 1.64. The zero-order valence-corrected chi connectivity index (χ0v) is 16.7. The lowest BCUT2D eigenvalue weighted by Crippen LogP contribution is -2.19. The van der Waals surface area contributed by atoms with Crippen molar-refractivity contribution in [2.75, 3.05) is 5.32 Å². The van der Waals surface area contributed by atoms with E-state index in [0.717, 1.165) is 42.5 Å². The number of esters is 1. The van der Waals surface area contributed by atoms with Crippen molar-refractivity contribution in [2.45, 2.75) is 52.1 Å². The van der Waals surface area contributed by atoms with Crippen LogP contribution in [-0.4, -0.2) is 27.8 Å². The van der Waals surface area contributed by atoms with E-state index < -0.39 is 5.91 Å². The first-order valence-corrected chi connectivity index (χ1v) is 9.96. The first-order chi connectivity index (χ1) is 12.4. The van der Waals surface area contributed by atoms with Crippen LogP contribution in [0, 0.1) is 0 Å². The molecule has 1 N–H and O–H groups in total. The summed E-state index contributed by atoms with van der Waals surface area (Å²) in [7, 11) is 1.70. The molecule has 6 nitrogen and oxygen atoms in total. The van der Waals surface area contributed by atoms with E-state index in [4.69, 9.17) is 16.3 Å². The van der Waals surface area contributed by atoms with Crippen molar-refractivity contribution in [3.63, 3.8) is 0 Å². The van der Waals surface area contributed by atoms with Crippen LogP contribution in [0.2, 0.25) is 5.02 Å². The highest BCUT2D eigenvalue weighted by molar-refractivity contribution is 7.17. The normalized spacial score (nSPS) is 14.6. The molecule has 0 spiro atoms. The molecule has 2 aromatic heterocycles. The van der Waals surface area contributed by atoms with Crippen molar-refractivity contribution in [1.82, 2.24) is 9.78 Å². The number of amides is 1. The van der Waals surface area contributed by atoms with Crippen molar-refractivity contribution in [3.05, 3.63) is 32.9 Å². The van der Waals surface area contributed by atoms with Gasteiger partial charge >= 0.3 is 5.97 Å². The molecular weight excluding hydrogens is 374 g/mol. The summed E-state index contributed by atoms with van der Waals surface area (Å²) >= 11 is 7.51. The van der Waals surface area contributed by atoms with Crippen LogP contribution in [0.5, 0.6) is 0 Å². The van der Waals surface area contributed by atoms with Crippen LogP contribution in [0.1, 0.15) is 64.4 Å². The fourth-order valence-electron chi connectivity index (χ4n) is 2.97. The number of nitrogens with zero attached hydrogens (tertiary/aromatic N) is 2. The maximum Gasteiger partial charge on any atom is 0.341 e. The smallest absolute Gasteiger partial charge is 0.341 e.